The number of hydrogen-bond donors (Lipinski definition) is 1. The van der Waals surface area contributed by atoms with Crippen molar-refractivity contribution in [2.75, 3.05) is 0 Å². The number of aryl methyl sites for hydroxylation is 1. The molecule has 0 saturated carbocycles. The van der Waals surface area contributed by atoms with Gasteiger partial charge in [0, 0.05) is 0 Å². The predicted octanol–water partition coefficient (Wildman–Crippen LogP) is 0.838. The minimum absolute atomic E-state index is 0.0746. The van der Waals surface area contributed by atoms with Crippen molar-refractivity contribution in [3.8, 4) is 0 Å². The molecule has 60 valence electrons. The van der Waals surface area contributed by atoms with Crippen molar-refractivity contribution in [2.45, 2.75) is 20.4 Å². The molecule has 0 bridgehead atoms. The Balaban J connectivity index is 3.01. The summed E-state index contributed by atoms with van der Waals surface area (Å²) in [6.45, 7) is 3.63. The molecule has 11 heavy (non-hydrogen) atoms. The topological polar surface area (TPSA) is 50.7 Å². The molecule has 0 aliphatic carbocycles. The Kier molecular flexibility index (Phi) is 2.19. The first-order chi connectivity index (χ1) is 5.11. The number of H-pyrrole nitrogens is 1. The van der Waals surface area contributed by atoms with Crippen LogP contribution in [0.2, 0.25) is 0 Å². The molecule has 0 saturated heterocycles. The van der Waals surface area contributed by atoms with Crippen LogP contribution in [0.3, 0.4) is 0 Å². The lowest BCUT2D eigenvalue weighted by atomic mass is 10.4. The monoisotopic (exact) mass is 171 g/mol. The predicted molar refractivity (Wildman–Crippen MR) is 42.8 cm³/mol. The maximum absolute atomic E-state index is 10.7. The molecule has 1 heterocycles. The zero-order chi connectivity index (χ0) is 8.43. The van der Waals surface area contributed by atoms with E-state index in [1.165, 1.54) is 6.92 Å². The van der Waals surface area contributed by atoms with Crippen molar-refractivity contribution in [3.63, 3.8) is 0 Å². The van der Waals surface area contributed by atoms with Crippen LogP contribution in [0, 0.1) is 11.7 Å². The van der Waals surface area contributed by atoms with E-state index in [1.54, 1.807) is 11.5 Å². The molecule has 0 amide bonds. The smallest absolute Gasteiger partial charge is 0.195 e. The van der Waals surface area contributed by atoms with Crippen LogP contribution in [-0.2, 0) is 11.3 Å². The van der Waals surface area contributed by atoms with Crippen molar-refractivity contribution in [1.82, 2.24) is 14.8 Å². The van der Waals surface area contributed by atoms with Gasteiger partial charge >= 0.3 is 0 Å². The largest absolute Gasteiger partial charge is 0.298 e. The highest BCUT2D eigenvalue weighted by Crippen LogP contribution is 1.95. The second-order valence-corrected chi connectivity index (χ2v) is 2.75. The molecule has 1 N–H and O–H groups in total. The van der Waals surface area contributed by atoms with Crippen molar-refractivity contribution in [1.29, 1.82) is 0 Å². The Bertz CT molecular complexity index is 325. The van der Waals surface area contributed by atoms with Gasteiger partial charge in [0.15, 0.2) is 4.77 Å². The molecule has 0 aliphatic heterocycles. The normalized spacial score (nSPS) is 10.0. The van der Waals surface area contributed by atoms with Crippen LogP contribution in [-0.4, -0.2) is 20.5 Å². The molecule has 0 aromatic carbocycles. The molecule has 1 rings (SSSR count). The summed E-state index contributed by atoms with van der Waals surface area (Å²) in [7, 11) is 0. The summed E-state index contributed by atoms with van der Waals surface area (Å²) in [5.74, 6) is 0.816. The number of hydrogen-bond acceptors (Lipinski definition) is 3. The van der Waals surface area contributed by atoms with Gasteiger partial charge in [0.1, 0.15) is 11.6 Å². The van der Waals surface area contributed by atoms with Crippen LogP contribution in [0.1, 0.15) is 12.7 Å². The Morgan fingerprint density at radius 1 is 1.82 bits per heavy atom. The Labute approximate surface area is 69.2 Å². The molecule has 0 radical (unpaired) electrons. The van der Waals surface area contributed by atoms with E-state index in [9.17, 15) is 4.79 Å². The molecular formula is C6H9N3OS. The van der Waals surface area contributed by atoms with Gasteiger partial charge in [-0.25, -0.2) is 0 Å². The highest BCUT2D eigenvalue weighted by molar-refractivity contribution is 7.71. The van der Waals surface area contributed by atoms with E-state index in [0.717, 1.165) is 5.82 Å². The van der Waals surface area contributed by atoms with Gasteiger partial charge in [-0.05, 0) is 26.1 Å². The van der Waals surface area contributed by atoms with Crippen molar-refractivity contribution in [2.24, 2.45) is 0 Å². The molecule has 0 fully saturated rings. The summed E-state index contributed by atoms with van der Waals surface area (Å²) in [4.78, 5) is 10.7. The van der Waals surface area contributed by atoms with Crippen molar-refractivity contribution in [3.05, 3.63) is 10.6 Å². The Morgan fingerprint density at radius 3 is 2.82 bits per heavy atom. The maximum atomic E-state index is 10.7. The van der Waals surface area contributed by atoms with E-state index in [4.69, 9.17) is 12.2 Å². The standard InChI is InChI=1S/C6H9N3OS/c1-4(10)3-9-5(2)7-8-6(9)11/h3H2,1-2H3,(H,8,11). The summed E-state index contributed by atoms with van der Waals surface area (Å²) in [6.07, 6.45) is 0. The first-order valence-corrected chi connectivity index (χ1v) is 3.63. The lowest BCUT2D eigenvalue weighted by Gasteiger charge is -1.97. The molecule has 5 heteroatoms. The summed E-state index contributed by atoms with van der Waals surface area (Å²) in [5.41, 5.74) is 0. The Hall–Kier alpha value is -0.970. The third-order valence-corrected chi connectivity index (χ3v) is 1.64. The Morgan fingerprint density at radius 2 is 2.45 bits per heavy atom. The molecular weight excluding hydrogens is 162 g/mol. The second-order valence-electron chi connectivity index (χ2n) is 2.36. The average molecular weight is 171 g/mol. The lowest BCUT2D eigenvalue weighted by Crippen LogP contribution is -2.07. The minimum Gasteiger partial charge on any atom is -0.298 e. The third-order valence-electron chi connectivity index (χ3n) is 1.33. The van der Waals surface area contributed by atoms with Gasteiger partial charge in [0.25, 0.3) is 0 Å². The van der Waals surface area contributed by atoms with Gasteiger partial charge in [-0.3, -0.25) is 14.5 Å². The van der Waals surface area contributed by atoms with E-state index in [1.807, 2.05) is 0 Å². The number of rotatable bonds is 2. The molecule has 1 aromatic rings. The second kappa shape index (κ2) is 2.96. The quantitative estimate of drug-likeness (QED) is 0.671. The summed E-state index contributed by atoms with van der Waals surface area (Å²) in [6, 6.07) is 0. The maximum Gasteiger partial charge on any atom is 0.195 e. The van der Waals surface area contributed by atoms with E-state index >= 15 is 0 Å². The number of ketones is 1. The van der Waals surface area contributed by atoms with Crippen LogP contribution in [0.5, 0.6) is 0 Å². The van der Waals surface area contributed by atoms with Gasteiger partial charge in [0.2, 0.25) is 0 Å². The van der Waals surface area contributed by atoms with E-state index < -0.39 is 0 Å². The molecule has 4 nitrogen and oxygen atoms in total. The number of carbonyl (C=O) groups excluding carboxylic acids is 1. The van der Waals surface area contributed by atoms with E-state index in [-0.39, 0.29) is 5.78 Å². The zero-order valence-corrected chi connectivity index (χ0v) is 7.23. The van der Waals surface area contributed by atoms with Crippen LogP contribution >= 0.6 is 12.2 Å². The van der Waals surface area contributed by atoms with Gasteiger partial charge in [-0.15, -0.1) is 0 Å². The van der Waals surface area contributed by atoms with Crippen LogP contribution in [0.4, 0.5) is 0 Å². The van der Waals surface area contributed by atoms with E-state index in [2.05, 4.69) is 10.2 Å². The average Bonchev–Trinajstić information content (AvgIpc) is 2.18. The SMILES string of the molecule is CC(=O)Cn1c(C)n[nH]c1=S. The number of nitrogens with one attached hydrogen (secondary N) is 1. The zero-order valence-electron chi connectivity index (χ0n) is 6.42. The van der Waals surface area contributed by atoms with Crippen LogP contribution in [0.15, 0.2) is 0 Å². The minimum atomic E-state index is 0.0746. The molecule has 0 atom stereocenters. The van der Waals surface area contributed by atoms with Crippen LogP contribution < -0.4 is 0 Å². The van der Waals surface area contributed by atoms with Gasteiger partial charge in [0.05, 0.1) is 6.54 Å². The number of aromatic amines is 1. The highest BCUT2D eigenvalue weighted by Gasteiger charge is 2.01. The number of carbonyl (C=O) groups is 1. The first-order valence-electron chi connectivity index (χ1n) is 3.22. The van der Waals surface area contributed by atoms with Gasteiger partial charge in [-0.2, -0.15) is 5.10 Å². The van der Waals surface area contributed by atoms with Crippen LogP contribution in [0.25, 0.3) is 0 Å². The molecule has 1 aromatic heterocycles. The fraction of sp³-hybridized carbons (Fsp3) is 0.500. The van der Waals surface area contributed by atoms with Crippen molar-refractivity contribution >= 4 is 18.0 Å². The third kappa shape index (κ3) is 1.74. The van der Waals surface area contributed by atoms with Gasteiger partial charge < -0.3 is 0 Å². The summed E-state index contributed by atoms with van der Waals surface area (Å²) < 4.78 is 2.16. The number of nitrogens with zero attached hydrogens (tertiary/aromatic N) is 2. The number of Topliss-reactive ketones (excluding diaryl/α,β-unsaturated/α-hetero) is 1. The first kappa shape index (κ1) is 8.13. The summed E-state index contributed by atoms with van der Waals surface area (Å²) >= 11 is 4.88. The van der Waals surface area contributed by atoms with Gasteiger partial charge in [-0.1, -0.05) is 0 Å². The molecule has 0 unspecified atom stereocenters. The van der Waals surface area contributed by atoms with E-state index in [0.29, 0.717) is 11.3 Å². The molecule has 0 aliphatic rings. The fourth-order valence-electron chi connectivity index (χ4n) is 0.805. The lowest BCUT2D eigenvalue weighted by molar-refractivity contribution is -0.117. The fourth-order valence-corrected chi connectivity index (χ4v) is 1.05. The molecule has 0 spiro atoms. The number of aromatic nitrogens is 3. The van der Waals surface area contributed by atoms with Crippen molar-refractivity contribution < 1.29 is 4.79 Å². The summed E-state index contributed by atoms with van der Waals surface area (Å²) in [5, 5.41) is 6.47. The highest BCUT2D eigenvalue weighted by atomic mass is 32.1.